The van der Waals surface area contributed by atoms with Gasteiger partial charge >= 0.3 is 0 Å². The molecule has 2 aromatic rings. The Bertz CT molecular complexity index is 694. The van der Waals surface area contributed by atoms with Crippen molar-refractivity contribution in [3.8, 4) is 11.5 Å². The van der Waals surface area contributed by atoms with Crippen LogP contribution in [0.1, 0.15) is 12.0 Å². The summed E-state index contributed by atoms with van der Waals surface area (Å²) in [5, 5.41) is 7.01. The molecule has 2 rings (SSSR count). The average Bonchev–Trinajstić information content (AvgIpc) is 2.58. The molecule has 4 nitrogen and oxygen atoms in total. The van der Waals surface area contributed by atoms with Crippen molar-refractivity contribution >= 4 is 38.9 Å². The van der Waals surface area contributed by atoms with Gasteiger partial charge in [0.2, 0.25) is 0 Å². The number of anilines is 1. The molecule has 0 spiro atoms. The van der Waals surface area contributed by atoms with Gasteiger partial charge in [-0.2, -0.15) is 0 Å². The minimum Gasteiger partial charge on any atom is -0.493 e. The average molecular weight is 409 g/mol. The second-order valence-electron chi connectivity index (χ2n) is 5.18. The first kappa shape index (κ1) is 18.5. The predicted molar refractivity (Wildman–Crippen MR) is 106 cm³/mol. The highest BCUT2D eigenvalue weighted by molar-refractivity contribution is 9.10. The quantitative estimate of drug-likeness (QED) is 0.525. The zero-order valence-corrected chi connectivity index (χ0v) is 16.2. The first-order chi connectivity index (χ1) is 11.6. The summed E-state index contributed by atoms with van der Waals surface area (Å²) in [6.07, 6.45) is 1.91. The van der Waals surface area contributed by atoms with E-state index in [2.05, 4.69) is 32.6 Å². The molecule has 2 N–H and O–H groups in total. The predicted octanol–water partition coefficient (Wildman–Crippen LogP) is 4.39. The highest BCUT2D eigenvalue weighted by Crippen LogP contribution is 2.27. The minimum atomic E-state index is 0.625. The highest BCUT2D eigenvalue weighted by atomic mass is 79.9. The molecular weight excluding hydrogens is 388 g/mol. The Morgan fingerprint density at radius 1 is 1.08 bits per heavy atom. The fourth-order valence-corrected chi connectivity index (χ4v) is 2.89. The molecule has 0 fully saturated rings. The first-order valence-corrected chi connectivity index (χ1v) is 8.84. The molecule has 0 aliphatic carbocycles. The summed E-state index contributed by atoms with van der Waals surface area (Å²) in [4.78, 5) is 0. The lowest BCUT2D eigenvalue weighted by molar-refractivity contribution is 0.354. The molecule has 0 heterocycles. The standard InChI is InChI=1S/C18H21BrN2O2S/c1-22-16-9-8-13(11-17(16)23-2)5-4-10-20-18(24)21-15-7-3-6-14(19)12-15/h3,6-9,11-12H,4-5,10H2,1-2H3,(H2,20,21,24). The van der Waals surface area contributed by atoms with Crippen molar-refractivity contribution in [2.24, 2.45) is 0 Å². The van der Waals surface area contributed by atoms with Crippen molar-refractivity contribution < 1.29 is 9.47 Å². The van der Waals surface area contributed by atoms with E-state index >= 15 is 0 Å². The Morgan fingerprint density at radius 3 is 2.58 bits per heavy atom. The van der Waals surface area contributed by atoms with E-state index in [1.54, 1.807) is 14.2 Å². The molecule has 0 aromatic heterocycles. The lowest BCUT2D eigenvalue weighted by atomic mass is 10.1. The molecule has 2 aromatic carbocycles. The molecule has 0 saturated heterocycles. The molecule has 0 saturated carbocycles. The minimum absolute atomic E-state index is 0.625. The van der Waals surface area contributed by atoms with Gasteiger partial charge in [-0.3, -0.25) is 0 Å². The van der Waals surface area contributed by atoms with Crippen LogP contribution in [0.25, 0.3) is 0 Å². The number of nitrogens with one attached hydrogen (secondary N) is 2. The van der Waals surface area contributed by atoms with Gasteiger partial charge in [-0.15, -0.1) is 0 Å². The number of rotatable bonds is 7. The zero-order chi connectivity index (χ0) is 17.4. The normalized spacial score (nSPS) is 10.1. The third-order valence-electron chi connectivity index (χ3n) is 3.46. The van der Waals surface area contributed by atoms with Gasteiger partial charge in [-0.1, -0.05) is 28.1 Å². The molecule has 6 heteroatoms. The van der Waals surface area contributed by atoms with E-state index in [1.807, 2.05) is 36.4 Å². The number of ether oxygens (including phenoxy) is 2. The van der Waals surface area contributed by atoms with E-state index in [9.17, 15) is 0 Å². The van der Waals surface area contributed by atoms with E-state index < -0.39 is 0 Å². The van der Waals surface area contributed by atoms with E-state index in [0.29, 0.717) is 5.11 Å². The van der Waals surface area contributed by atoms with Crippen molar-refractivity contribution in [3.63, 3.8) is 0 Å². The molecule has 24 heavy (non-hydrogen) atoms. The lowest BCUT2D eigenvalue weighted by Crippen LogP contribution is -2.29. The first-order valence-electron chi connectivity index (χ1n) is 7.63. The molecule has 0 unspecified atom stereocenters. The van der Waals surface area contributed by atoms with Crippen LogP contribution in [-0.4, -0.2) is 25.9 Å². The van der Waals surface area contributed by atoms with Crippen LogP contribution in [0.15, 0.2) is 46.9 Å². The summed E-state index contributed by atoms with van der Waals surface area (Å²) in [5.41, 5.74) is 2.17. The van der Waals surface area contributed by atoms with E-state index in [1.165, 1.54) is 5.56 Å². The molecule has 0 aliphatic heterocycles. The van der Waals surface area contributed by atoms with Crippen LogP contribution in [0.4, 0.5) is 5.69 Å². The van der Waals surface area contributed by atoms with Crippen LogP contribution in [0, 0.1) is 0 Å². The third kappa shape index (κ3) is 5.69. The van der Waals surface area contributed by atoms with Crippen molar-refractivity contribution in [2.75, 3.05) is 26.1 Å². The second-order valence-corrected chi connectivity index (χ2v) is 6.51. The van der Waals surface area contributed by atoms with Crippen molar-refractivity contribution in [1.82, 2.24) is 5.32 Å². The van der Waals surface area contributed by atoms with Crippen molar-refractivity contribution in [2.45, 2.75) is 12.8 Å². The molecule has 128 valence electrons. The van der Waals surface area contributed by atoms with E-state index in [4.69, 9.17) is 21.7 Å². The third-order valence-corrected chi connectivity index (χ3v) is 4.20. The molecule has 0 radical (unpaired) electrons. The number of halogens is 1. The molecule has 0 bridgehead atoms. The number of hydrogen-bond acceptors (Lipinski definition) is 3. The Morgan fingerprint density at radius 2 is 1.88 bits per heavy atom. The SMILES string of the molecule is COc1ccc(CCCNC(=S)Nc2cccc(Br)c2)cc1OC. The monoisotopic (exact) mass is 408 g/mol. The van der Waals surface area contributed by atoms with E-state index in [-0.39, 0.29) is 0 Å². The maximum Gasteiger partial charge on any atom is 0.170 e. The number of benzene rings is 2. The molecule has 0 atom stereocenters. The zero-order valence-electron chi connectivity index (χ0n) is 13.8. The fraction of sp³-hybridized carbons (Fsp3) is 0.278. The summed E-state index contributed by atoms with van der Waals surface area (Å²) < 4.78 is 11.6. The van der Waals surface area contributed by atoms with Crippen LogP contribution in [0.5, 0.6) is 11.5 Å². The van der Waals surface area contributed by atoms with Gasteiger partial charge in [-0.05, 0) is 61.0 Å². The molecule has 0 aliphatic rings. The molecular formula is C18H21BrN2O2S. The van der Waals surface area contributed by atoms with Crippen LogP contribution < -0.4 is 20.1 Å². The summed E-state index contributed by atoms with van der Waals surface area (Å²) in [5.74, 6) is 1.51. The van der Waals surface area contributed by atoms with Gasteiger partial charge in [0.15, 0.2) is 16.6 Å². The van der Waals surface area contributed by atoms with Gasteiger partial charge in [-0.25, -0.2) is 0 Å². The lowest BCUT2D eigenvalue weighted by Gasteiger charge is -2.12. The second kappa shape index (κ2) is 9.49. The van der Waals surface area contributed by atoms with Crippen LogP contribution in [0.2, 0.25) is 0 Å². The Kier molecular flexibility index (Phi) is 7.34. The van der Waals surface area contributed by atoms with Crippen LogP contribution >= 0.6 is 28.1 Å². The topological polar surface area (TPSA) is 42.5 Å². The Labute approximate surface area is 156 Å². The van der Waals surface area contributed by atoms with Gasteiger partial charge in [0.1, 0.15) is 0 Å². The molecule has 0 amide bonds. The van der Waals surface area contributed by atoms with Gasteiger partial charge in [0, 0.05) is 16.7 Å². The van der Waals surface area contributed by atoms with Crippen LogP contribution in [0.3, 0.4) is 0 Å². The van der Waals surface area contributed by atoms with Crippen molar-refractivity contribution in [3.05, 3.63) is 52.5 Å². The number of hydrogen-bond donors (Lipinski definition) is 2. The summed E-state index contributed by atoms with van der Waals surface area (Å²) in [6, 6.07) is 13.9. The number of methoxy groups -OCH3 is 2. The maximum absolute atomic E-state index is 5.32. The summed E-state index contributed by atoms with van der Waals surface area (Å²) in [7, 11) is 3.29. The Hall–Kier alpha value is -1.79. The van der Waals surface area contributed by atoms with Crippen LogP contribution in [-0.2, 0) is 6.42 Å². The Balaban J connectivity index is 1.75. The van der Waals surface area contributed by atoms with E-state index in [0.717, 1.165) is 41.0 Å². The van der Waals surface area contributed by atoms with Gasteiger partial charge in [0.25, 0.3) is 0 Å². The number of thiocarbonyl (C=S) groups is 1. The highest BCUT2D eigenvalue weighted by Gasteiger charge is 2.04. The summed E-state index contributed by atoms with van der Waals surface area (Å²) in [6.45, 7) is 0.800. The van der Waals surface area contributed by atoms with Crippen molar-refractivity contribution in [1.29, 1.82) is 0 Å². The fourth-order valence-electron chi connectivity index (χ4n) is 2.27. The largest absolute Gasteiger partial charge is 0.493 e. The summed E-state index contributed by atoms with van der Waals surface area (Å²) >= 11 is 8.75. The number of aryl methyl sites for hydroxylation is 1. The maximum atomic E-state index is 5.32. The smallest absolute Gasteiger partial charge is 0.170 e. The van der Waals surface area contributed by atoms with Gasteiger partial charge < -0.3 is 20.1 Å². The van der Waals surface area contributed by atoms with Gasteiger partial charge in [0.05, 0.1) is 14.2 Å².